The van der Waals surface area contributed by atoms with Crippen molar-refractivity contribution in [1.29, 1.82) is 0 Å². The Morgan fingerprint density at radius 2 is 1.68 bits per heavy atom. The maximum Gasteiger partial charge on any atom is 0.321 e. The van der Waals surface area contributed by atoms with Crippen LogP contribution in [0.25, 0.3) is 21.7 Å². The van der Waals surface area contributed by atoms with Crippen LogP contribution in [0.3, 0.4) is 0 Å². The van der Waals surface area contributed by atoms with Gasteiger partial charge in [0.1, 0.15) is 0 Å². The molecule has 0 spiro atoms. The molecule has 1 heterocycles. The lowest BCUT2D eigenvalue weighted by Crippen LogP contribution is -2.25. The molecule has 0 bridgehead atoms. The lowest BCUT2D eigenvalue weighted by molar-refractivity contribution is 0.308. The summed E-state index contributed by atoms with van der Waals surface area (Å²) in [6.45, 7) is 7.33. The normalized spacial score (nSPS) is 12.0. The third kappa shape index (κ3) is 4.84. The Hall–Kier alpha value is -3.03. The monoisotopic (exact) mass is 436 g/mol. The van der Waals surface area contributed by atoms with Crippen LogP contribution in [0.2, 0.25) is 0 Å². The first-order valence-electron chi connectivity index (χ1n) is 10.6. The fourth-order valence-corrected chi connectivity index (χ4v) is 4.86. The van der Waals surface area contributed by atoms with Gasteiger partial charge in [0.2, 0.25) is 0 Å². The van der Waals surface area contributed by atoms with Gasteiger partial charge in [0.15, 0.2) is 0 Å². The molecule has 0 aliphatic heterocycles. The van der Waals surface area contributed by atoms with Gasteiger partial charge in [-0.2, -0.15) is 8.42 Å². The minimum atomic E-state index is -3.80. The van der Waals surface area contributed by atoms with Crippen molar-refractivity contribution in [3.63, 3.8) is 0 Å². The predicted molar refractivity (Wildman–Crippen MR) is 130 cm³/mol. The van der Waals surface area contributed by atoms with Crippen LogP contribution in [-0.4, -0.2) is 37.9 Å². The van der Waals surface area contributed by atoms with E-state index in [9.17, 15) is 8.42 Å². The number of anilines is 2. The largest absolute Gasteiger partial charge is 0.361 e. The van der Waals surface area contributed by atoms with Gasteiger partial charge >= 0.3 is 10.2 Å². The zero-order valence-electron chi connectivity index (χ0n) is 17.9. The second kappa shape index (κ2) is 8.99. The standard InChI is InChI=1S/C24H28N4O2S/c1-3-28(4-2)15-14-19-17-25-23-13-12-20(16-22(19)23)26-31(29,30)27-24-11-7-9-18-8-5-6-10-21(18)24/h5-13,16-17,25-27H,3-4,14-15H2,1-2H3. The van der Waals surface area contributed by atoms with Crippen LogP contribution in [0.15, 0.2) is 66.9 Å². The minimum Gasteiger partial charge on any atom is -0.361 e. The molecule has 3 N–H and O–H groups in total. The van der Waals surface area contributed by atoms with E-state index < -0.39 is 10.2 Å². The van der Waals surface area contributed by atoms with Crippen LogP contribution in [0.4, 0.5) is 11.4 Å². The van der Waals surface area contributed by atoms with E-state index in [0.29, 0.717) is 11.4 Å². The zero-order valence-corrected chi connectivity index (χ0v) is 18.7. The number of rotatable bonds is 9. The van der Waals surface area contributed by atoms with E-state index in [4.69, 9.17) is 0 Å². The molecule has 0 fully saturated rings. The molecule has 3 aromatic carbocycles. The van der Waals surface area contributed by atoms with Crippen molar-refractivity contribution in [2.45, 2.75) is 20.3 Å². The maximum atomic E-state index is 12.8. The molecule has 0 saturated heterocycles. The molecule has 1 aromatic heterocycles. The van der Waals surface area contributed by atoms with Crippen LogP contribution < -0.4 is 9.44 Å². The molecular formula is C24H28N4O2S. The molecule has 0 saturated carbocycles. The number of H-pyrrole nitrogens is 1. The molecular weight excluding hydrogens is 408 g/mol. The Balaban J connectivity index is 1.55. The summed E-state index contributed by atoms with van der Waals surface area (Å²) in [5, 5.41) is 2.88. The molecule has 0 unspecified atom stereocenters. The van der Waals surface area contributed by atoms with Gasteiger partial charge in [-0.15, -0.1) is 0 Å². The molecule has 0 radical (unpaired) electrons. The lowest BCUT2D eigenvalue weighted by Gasteiger charge is -2.17. The summed E-state index contributed by atoms with van der Waals surface area (Å²) in [5.41, 5.74) is 3.27. The summed E-state index contributed by atoms with van der Waals surface area (Å²) < 4.78 is 31.0. The Morgan fingerprint density at radius 3 is 2.48 bits per heavy atom. The summed E-state index contributed by atoms with van der Waals surface area (Å²) in [7, 11) is -3.80. The molecule has 4 aromatic rings. The summed E-state index contributed by atoms with van der Waals surface area (Å²) >= 11 is 0. The van der Waals surface area contributed by atoms with Crippen LogP contribution in [-0.2, 0) is 16.6 Å². The van der Waals surface area contributed by atoms with Gasteiger partial charge in [-0.25, -0.2) is 0 Å². The number of benzene rings is 3. The van der Waals surface area contributed by atoms with Gasteiger partial charge in [-0.3, -0.25) is 9.44 Å². The van der Waals surface area contributed by atoms with Gasteiger partial charge in [-0.1, -0.05) is 50.2 Å². The van der Waals surface area contributed by atoms with Crippen LogP contribution in [0, 0.1) is 0 Å². The average molecular weight is 437 g/mol. The Labute approximate surface area is 183 Å². The molecule has 6 nitrogen and oxygen atoms in total. The van der Waals surface area contributed by atoms with Crippen molar-refractivity contribution >= 4 is 43.3 Å². The molecule has 0 aliphatic carbocycles. The molecule has 31 heavy (non-hydrogen) atoms. The van der Waals surface area contributed by atoms with Gasteiger partial charge in [0, 0.05) is 29.0 Å². The van der Waals surface area contributed by atoms with Crippen molar-refractivity contribution in [3.8, 4) is 0 Å². The van der Waals surface area contributed by atoms with Crippen LogP contribution in [0.1, 0.15) is 19.4 Å². The van der Waals surface area contributed by atoms with Crippen LogP contribution in [0.5, 0.6) is 0 Å². The van der Waals surface area contributed by atoms with Gasteiger partial charge in [0.05, 0.1) is 11.4 Å². The zero-order chi connectivity index (χ0) is 21.8. The molecule has 0 aliphatic rings. The quantitative estimate of drug-likeness (QED) is 0.346. The number of aromatic amines is 1. The molecule has 162 valence electrons. The van der Waals surface area contributed by atoms with Gasteiger partial charge in [0.25, 0.3) is 0 Å². The Kier molecular flexibility index (Phi) is 6.15. The number of aromatic nitrogens is 1. The first kappa shape index (κ1) is 21.2. The van der Waals surface area contributed by atoms with E-state index in [1.165, 1.54) is 5.56 Å². The highest BCUT2D eigenvalue weighted by molar-refractivity contribution is 7.94. The van der Waals surface area contributed by atoms with Gasteiger partial charge < -0.3 is 9.88 Å². The maximum absolute atomic E-state index is 12.8. The van der Waals surface area contributed by atoms with Crippen molar-refractivity contribution < 1.29 is 8.42 Å². The van der Waals surface area contributed by atoms with E-state index in [1.807, 2.05) is 54.7 Å². The summed E-state index contributed by atoms with van der Waals surface area (Å²) in [6.07, 6.45) is 2.92. The van der Waals surface area contributed by atoms with Crippen molar-refractivity contribution in [1.82, 2.24) is 9.88 Å². The second-order valence-corrected chi connectivity index (χ2v) is 9.00. The van der Waals surface area contributed by atoms with E-state index in [1.54, 1.807) is 12.1 Å². The predicted octanol–water partition coefficient (Wildman–Crippen LogP) is 4.97. The summed E-state index contributed by atoms with van der Waals surface area (Å²) in [6, 6.07) is 18.8. The van der Waals surface area contributed by atoms with Crippen molar-refractivity contribution in [3.05, 3.63) is 72.4 Å². The highest BCUT2D eigenvalue weighted by Gasteiger charge is 2.14. The summed E-state index contributed by atoms with van der Waals surface area (Å²) in [4.78, 5) is 5.66. The summed E-state index contributed by atoms with van der Waals surface area (Å²) in [5.74, 6) is 0. The van der Waals surface area contributed by atoms with Gasteiger partial charge in [-0.05, 0) is 54.7 Å². The number of likely N-dealkylation sites (N-methyl/N-ethyl adjacent to an activating group) is 1. The van der Waals surface area contributed by atoms with Crippen LogP contribution >= 0.6 is 0 Å². The third-order valence-electron chi connectivity index (χ3n) is 5.65. The highest BCUT2D eigenvalue weighted by Crippen LogP contribution is 2.26. The highest BCUT2D eigenvalue weighted by atomic mass is 32.2. The molecule has 0 amide bonds. The Morgan fingerprint density at radius 1 is 0.903 bits per heavy atom. The second-order valence-electron chi connectivity index (χ2n) is 7.59. The first-order chi connectivity index (χ1) is 15.0. The van der Waals surface area contributed by atoms with E-state index >= 15 is 0 Å². The number of hydrogen-bond acceptors (Lipinski definition) is 3. The lowest BCUT2D eigenvalue weighted by atomic mass is 10.1. The van der Waals surface area contributed by atoms with Crippen molar-refractivity contribution in [2.24, 2.45) is 0 Å². The minimum absolute atomic E-state index is 0.531. The van der Waals surface area contributed by atoms with Crippen molar-refractivity contribution in [2.75, 3.05) is 29.1 Å². The number of fused-ring (bicyclic) bond motifs is 2. The fraction of sp³-hybridized carbons (Fsp3) is 0.250. The topological polar surface area (TPSA) is 77.2 Å². The number of hydrogen-bond donors (Lipinski definition) is 3. The first-order valence-corrected chi connectivity index (χ1v) is 12.1. The van der Waals surface area contributed by atoms with E-state index in [-0.39, 0.29) is 0 Å². The SMILES string of the molecule is CCN(CC)CCc1c[nH]c2ccc(NS(=O)(=O)Nc3cccc4ccccc34)cc12. The third-order valence-corrected chi connectivity index (χ3v) is 6.64. The molecule has 7 heteroatoms. The molecule has 4 rings (SSSR count). The number of nitrogens with zero attached hydrogens (tertiary/aromatic N) is 1. The Bertz CT molecular complexity index is 1290. The smallest absolute Gasteiger partial charge is 0.321 e. The number of nitrogens with one attached hydrogen (secondary N) is 3. The fourth-order valence-electron chi connectivity index (χ4n) is 3.91. The molecule has 0 atom stereocenters. The van der Waals surface area contributed by atoms with E-state index in [2.05, 4.69) is 33.2 Å². The van der Waals surface area contributed by atoms with E-state index in [0.717, 1.165) is 47.7 Å². The average Bonchev–Trinajstić information content (AvgIpc) is 3.16.